The second-order valence-electron chi connectivity index (χ2n) is 19.3. The van der Waals surface area contributed by atoms with Crippen molar-refractivity contribution in [2.75, 3.05) is 13.2 Å². The lowest BCUT2D eigenvalue weighted by Gasteiger charge is -2.22. The van der Waals surface area contributed by atoms with E-state index < -0.39 is 12.1 Å². The summed E-state index contributed by atoms with van der Waals surface area (Å²) in [5.74, 6) is -0.0442. The van der Waals surface area contributed by atoms with Gasteiger partial charge in [0.05, 0.1) is 25.4 Å². The number of ether oxygens (including phenoxy) is 1. The summed E-state index contributed by atoms with van der Waals surface area (Å²) >= 11 is 0. The van der Waals surface area contributed by atoms with Gasteiger partial charge in [0.2, 0.25) is 5.91 Å². The van der Waals surface area contributed by atoms with Crippen LogP contribution in [0.3, 0.4) is 0 Å². The Hall–Kier alpha value is -1.40. The quantitative estimate of drug-likeness (QED) is 0.0321. The molecule has 3 N–H and O–H groups in total. The highest BCUT2D eigenvalue weighted by atomic mass is 16.5. The van der Waals surface area contributed by atoms with Crippen LogP contribution in [-0.4, -0.2) is 47.4 Å². The van der Waals surface area contributed by atoms with Crippen LogP contribution in [0.2, 0.25) is 0 Å². The van der Waals surface area contributed by atoms with E-state index in [1.165, 1.54) is 218 Å². The van der Waals surface area contributed by atoms with Gasteiger partial charge in [-0.3, -0.25) is 9.59 Å². The third-order valence-corrected chi connectivity index (χ3v) is 13.1. The van der Waals surface area contributed by atoms with Crippen molar-refractivity contribution in [3.8, 4) is 0 Å². The van der Waals surface area contributed by atoms with E-state index in [1.807, 2.05) is 0 Å². The summed E-state index contributed by atoms with van der Waals surface area (Å²) in [5.41, 5.74) is 0. The fourth-order valence-electron chi connectivity index (χ4n) is 8.75. The van der Waals surface area contributed by atoms with Crippen molar-refractivity contribution in [1.82, 2.24) is 5.32 Å². The zero-order valence-corrected chi connectivity index (χ0v) is 41.9. The Bertz CT molecular complexity index is 924. The molecular formula is C56H109NO5. The average molecular weight is 876 g/mol. The van der Waals surface area contributed by atoms with Crippen LogP contribution in [0, 0.1) is 0 Å². The first kappa shape index (κ1) is 60.6. The van der Waals surface area contributed by atoms with Crippen molar-refractivity contribution < 1.29 is 24.5 Å². The molecule has 2 atom stereocenters. The summed E-state index contributed by atoms with van der Waals surface area (Å²) in [6.07, 6.45) is 60.5. The lowest BCUT2D eigenvalue weighted by molar-refractivity contribution is -0.143. The fourth-order valence-corrected chi connectivity index (χ4v) is 8.75. The summed E-state index contributed by atoms with van der Waals surface area (Å²) in [4.78, 5) is 24.4. The number of carbonyl (C=O) groups excluding carboxylic acids is 2. The minimum atomic E-state index is -0.672. The van der Waals surface area contributed by atoms with E-state index in [4.69, 9.17) is 4.74 Å². The first-order valence-corrected chi connectivity index (χ1v) is 27.9. The lowest BCUT2D eigenvalue weighted by atomic mass is 10.0. The number of carbonyl (C=O) groups is 2. The molecule has 0 radical (unpaired) electrons. The molecule has 0 bridgehead atoms. The largest absolute Gasteiger partial charge is 0.466 e. The van der Waals surface area contributed by atoms with Crippen LogP contribution in [0.4, 0.5) is 0 Å². The van der Waals surface area contributed by atoms with Gasteiger partial charge in [-0.1, -0.05) is 257 Å². The molecule has 0 saturated carbocycles. The van der Waals surface area contributed by atoms with Gasteiger partial charge in [0, 0.05) is 12.8 Å². The highest BCUT2D eigenvalue weighted by Gasteiger charge is 2.20. The lowest BCUT2D eigenvalue weighted by Crippen LogP contribution is -2.45. The smallest absolute Gasteiger partial charge is 0.305 e. The maximum absolute atomic E-state index is 12.5. The second kappa shape index (κ2) is 52.2. The Morgan fingerprint density at radius 2 is 0.758 bits per heavy atom. The predicted octanol–water partition coefficient (Wildman–Crippen LogP) is 16.9. The zero-order chi connectivity index (χ0) is 45.1. The minimum Gasteiger partial charge on any atom is -0.466 e. The highest BCUT2D eigenvalue weighted by Crippen LogP contribution is 2.17. The van der Waals surface area contributed by atoms with Crippen molar-refractivity contribution in [3.05, 3.63) is 12.2 Å². The van der Waals surface area contributed by atoms with Crippen LogP contribution in [0.1, 0.15) is 309 Å². The minimum absolute atomic E-state index is 0.00305. The Morgan fingerprint density at radius 1 is 0.435 bits per heavy atom. The van der Waals surface area contributed by atoms with Crippen molar-refractivity contribution in [3.63, 3.8) is 0 Å². The highest BCUT2D eigenvalue weighted by molar-refractivity contribution is 5.76. The number of hydrogen-bond donors (Lipinski definition) is 3. The van der Waals surface area contributed by atoms with Crippen LogP contribution in [-0.2, 0) is 14.3 Å². The molecule has 1 amide bonds. The molecule has 2 unspecified atom stereocenters. The molecule has 0 rings (SSSR count). The van der Waals surface area contributed by atoms with Gasteiger partial charge in [-0.2, -0.15) is 0 Å². The van der Waals surface area contributed by atoms with Crippen molar-refractivity contribution >= 4 is 11.9 Å². The Morgan fingerprint density at radius 3 is 1.15 bits per heavy atom. The molecular weight excluding hydrogens is 767 g/mol. The van der Waals surface area contributed by atoms with E-state index in [9.17, 15) is 19.8 Å². The normalized spacial score (nSPS) is 12.6. The van der Waals surface area contributed by atoms with Gasteiger partial charge in [-0.25, -0.2) is 0 Å². The summed E-state index contributed by atoms with van der Waals surface area (Å²) in [6.45, 7) is 4.95. The average Bonchev–Trinajstić information content (AvgIpc) is 3.27. The summed E-state index contributed by atoms with van der Waals surface area (Å²) in [6, 6.07) is -0.550. The van der Waals surface area contributed by atoms with Gasteiger partial charge >= 0.3 is 5.97 Å². The monoisotopic (exact) mass is 876 g/mol. The maximum Gasteiger partial charge on any atom is 0.305 e. The molecule has 0 heterocycles. The number of hydrogen-bond acceptors (Lipinski definition) is 5. The molecule has 0 aromatic rings. The molecule has 0 saturated heterocycles. The molecule has 0 aliphatic rings. The van der Waals surface area contributed by atoms with Crippen molar-refractivity contribution in [2.24, 2.45) is 0 Å². The molecule has 0 aliphatic carbocycles. The summed E-state index contributed by atoms with van der Waals surface area (Å²) in [7, 11) is 0. The number of aliphatic hydroxyl groups excluding tert-OH is 2. The van der Waals surface area contributed by atoms with Gasteiger partial charge in [-0.15, -0.1) is 0 Å². The van der Waals surface area contributed by atoms with Gasteiger partial charge in [0.1, 0.15) is 0 Å². The SMILES string of the molecule is CCCCCCCCCCCCCCCCCCC(O)C(CO)NC(=O)CCCCCCC/C=C\CCCCCCCCCCCOC(=O)CCCCCCCCCCCCC. The molecule has 368 valence electrons. The molecule has 0 aromatic carbocycles. The number of allylic oxidation sites excluding steroid dienone is 2. The third-order valence-electron chi connectivity index (χ3n) is 13.1. The van der Waals surface area contributed by atoms with E-state index in [0.717, 1.165) is 57.8 Å². The molecule has 0 fully saturated rings. The van der Waals surface area contributed by atoms with E-state index >= 15 is 0 Å². The summed E-state index contributed by atoms with van der Waals surface area (Å²) in [5, 5.41) is 23.3. The predicted molar refractivity (Wildman–Crippen MR) is 269 cm³/mol. The van der Waals surface area contributed by atoms with E-state index in [0.29, 0.717) is 25.9 Å². The number of rotatable bonds is 52. The molecule has 0 aliphatic heterocycles. The molecule has 62 heavy (non-hydrogen) atoms. The molecule has 0 spiro atoms. The first-order valence-electron chi connectivity index (χ1n) is 27.9. The van der Waals surface area contributed by atoms with E-state index in [1.54, 1.807) is 0 Å². The second-order valence-corrected chi connectivity index (χ2v) is 19.3. The van der Waals surface area contributed by atoms with Gasteiger partial charge < -0.3 is 20.3 Å². The van der Waals surface area contributed by atoms with Gasteiger partial charge in [-0.05, 0) is 51.4 Å². The van der Waals surface area contributed by atoms with Crippen molar-refractivity contribution in [1.29, 1.82) is 0 Å². The molecule has 0 aromatic heterocycles. The number of aliphatic hydroxyl groups is 2. The number of esters is 1. The number of nitrogens with one attached hydrogen (secondary N) is 1. The van der Waals surface area contributed by atoms with Gasteiger partial charge in [0.25, 0.3) is 0 Å². The van der Waals surface area contributed by atoms with Crippen LogP contribution < -0.4 is 5.32 Å². The standard InChI is InChI=1S/C56H109NO5/c1-3-5-7-9-11-13-15-16-17-22-25-29-32-36-40-44-48-54(59)53(52-58)57-55(60)49-45-41-37-33-30-26-23-20-18-19-21-24-27-31-35-39-43-47-51-62-56(61)50-46-42-38-34-28-14-12-10-8-6-4-2/h20,23,53-54,58-59H,3-19,21-22,24-52H2,1-2H3,(H,57,60)/b23-20-. The third kappa shape index (κ3) is 48.1. The van der Waals surface area contributed by atoms with Crippen molar-refractivity contribution in [2.45, 2.75) is 321 Å². The Labute approximate surface area is 387 Å². The van der Waals surface area contributed by atoms with Crippen LogP contribution in [0.5, 0.6) is 0 Å². The van der Waals surface area contributed by atoms with Gasteiger partial charge in [0.15, 0.2) is 0 Å². The van der Waals surface area contributed by atoms with E-state index in [2.05, 4.69) is 31.3 Å². The molecule has 6 heteroatoms. The summed E-state index contributed by atoms with van der Waals surface area (Å²) < 4.78 is 5.45. The van der Waals surface area contributed by atoms with Crippen LogP contribution in [0.15, 0.2) is 12.2 Å². The van der Waals surface area contributed by atoms with Crippen LogP contribution >= 0.6 is 0 Å². The number of unbranched alkanes of at least 4 members (excludes halogenated alkanes) is 39. The Balaban J connectivity index is 3.45. The number of amides is 1. The zero-order valence-electron chi connectivity index (χ0n) is 41.9. The molecule has 6 nitrogen and oxygen atoms in total. The Kier molecular flexibility index (Phi) is 51.0. The topological polar surface area (TPSA) is 95.9 Å². The van der Waals surface area contributed by atoms with Crippen LogP contribution in [0.25, 0.3) is 0 Å². The fraction of sp³-hybridized carbons (Fsp3) is 0.929. The first-order chi connectivity index (χ1) is 30.5. The maximum atomic E-state index is 12.5. The van der Waals surface area contributed by atoms with E-state index in [-0.39, 0.29) is 18.5 Å².